The topological polar surface area (TPSA) is 110 Å². The lowest BCUT2D eigenvalue weighted by molar-refractivity contribution is -0.148. The van der Waals surface area contributed by atoms with Crippen molar-refractivity contribution in [1.82, 2.24) is 20.6 Å². The quantitative estimate of drug-likeness (QED) is 0.754. The van der Waals surface area contributed by atoms with E-state index >= 15 is 0 Å². The molecular formula is C15H22N4O4. The minimum Gasteiger partial charge on any atom is -0.467 e. The molecule has 0 aliphatic carbocycles. The maximum atomic E-state index is 12.2. The highest BCUT2D eigenvalue weighted by Crippen LogP contribution is 2.20. The van der Waals surface area contributed by atoms with Gasteiger partial charge in [-0.1, -0.05) is 20.8 Å². The molecule has 2 unspecified atom stereocenters. The lowest BCUT2D eigenvalue weighted by Crippen LogP contribution is -2.55. The smallest absolute Gasteiger partial charge is 0.328 e. The number of amides is 2. The second-order valence-electron chi connectivity index (χ2n) is 6.12. The number of nitrogens with one attached hydrogen (secondary N) is 2. The van der Waals surface area contributed by atoms with Crippen molar-refractivity contribution in [2.75, 3.05) is 7.11 Å². The molecule has 0 aromatic carbocycles. The van der Waals surface area contributed by atoms with Gasteiger partial charge in [-0.15, -0.1) is 0 Å². The van der Waals surface area contributed by atoms with Crippen molar-refractivity contribution in [3.05, 3.63) is 24.3 Å². The van der Waals surface area contributed by atoms with E-state index in [1.54, 1.807) is 20.8 Å². The van der Waals surface area contributed by atoms with Gasteiger partial charge in [0, 0.05) is 12.4 Å². The Hall–Kier alpha value is -2.51. The van der Waals surface area contributed by atoms with E-state index in [1.165, 1.54) is 32.6 Å². The molecule has 0 saturated heterocycles. The van der Waals surface area contributed by atoms with Crippen molar-refractivity contribution in [2.45, 2.75) is 39.8 Å². The Morgan fingerprint density at radius 2 is 1.83 bits per heavy atom. The third-order valence-corrected chi connectivity index (χ3v) is 3.13. The number of nitrogens with zero attached hydrogens (tertiary/aromatic N) is 2. The molecule has 1 aromatic rings. The van der Waals surface area contributed by atoms with Crippen LogP contribution in [0.2, 0.25) is 0 Å². The van der Waals surface area contributed by atoms with Crippen LogP contribution in [-0.4, -0.2) is 46.9 Å². The molecule has 126 valence electrons. The molecule has 0 bridgehead atoms. The zero-order valence-electron chi connectivity index (χ0n) is 13.9. The van der Waals surface area contributed by atoms with E-state index in [2.05, 4.69) is 20.6 Å². The van der Waals surface area contributed by atoms with Crippen molar-refractivity contribution >= 4 is 17.8 Å². The van der Waals surface area contributed by atoms with Crippen LogP contribution in [0.4, 0.5) is 0 Å². The summed E-state index contributed by atoms with van der Waals surface area (Å²) >= 11 is 0. The van der Waals surface area contributed by atoms with Gasteiger partial charge in [0.1, 0.15) is 17.8 Å². The SMILES string of the molecule is COC(=O)C(NC(=O)C(C)NC(=O)c1cnccn1)C(C)(C)C. The maximum Gasteiger partial charge on any atom is 0.328 e. The van der Waals surface area contributed by atoms with Gasteiger partial charge in [0.25, 0.3) is 5.91 Å². The van der Waals surface area contributed by atoms with E-state index in [0.717, 1.165) is 0 Å². The first-order valence-corrected chi connectivity index (χ1v) is 7.12. The molecule has 8 nitrogen and oxygen atoms in total. The van der Waals surface area contributed by atoms with Crippen LogP contribution >= 0.6 is 0 Å². The Kier molecular flexibility index (Phi) is 6.18. The largest absolute Gasteiger partial charge is 0.467 e. The summed E-state index contributed by atoms with van der Waals surface area (Å²) in [5, 5.41) is 5.10. The lowest BCUT2D eigenvalue weighted by Gasteiger charge is -2.30. The minimum absolute atomic E-state index is 0.104. The van der Waals surface area contributed by atoms with E-state index in [9.17, 15) is 14.4 Å². The van der Waals surface area contributed by atoms with Gasteiger partial charge in [0.05, 0.1) is 13.3 Å². The average molecular weight is 322 g/mol. The van der Waals surface area contributed by atoms with Gasteiger partial charge in [-0.2, -0.15) is 0 Å². The number of carbonyl (C=O) groups is 3. The summed E-state index contributed by atoms with van der Waals surface area (Å²) in [4.78, 5) is 43.6. The molecule has 1 heterocycles. The highest BCUT2D eigenvalue weighted by Gasteiger charge is 2.34. The third-order valence-electron chi connectivity index (χ3n) is 3.13. The molecule has 0 aliphatic rings. The highest BCUT2D eigenvalue weighted by atomic mass is 16.5. The first-order chi connectivity index (χ1) is 10.7. The zero-order valence-corrected chi connectivity index (χ0v) is 13.9. The molecule has 0 aliphatic heterocycles. The predicted octanol–water partition coefficient (Wildman–Crippen LogP) is 0.299. The van der Waals surface area contributed by atoms with Crippen molar-refractivity contribution < 1.29 is 19.1 Å². The van der Waals surface area contributed by atoms with Crippen molar-refractivity contribution in [3.63, 3.8) is 0 Å². The van der Waals surface area contributed by atoms with Gasteiger partial charge in [0.15, 0.2) is 0 Å². The van der Waals surface area contributed by atoms with E-state index in [1.807, 2.05) is 0 Å². The average Bonchev–Trinajstić information content (AvgIpc) is 2.51. The number of ether oxygens (including phenoxy) is 1. The number of rotatable bonds is 5. The maximum absolute atomic E-state index is 12.2. The molecule has 0 spiro atoms. The van der Waals surface area contributed by atoms with Crippen LogP contribution < -0.4 is 10.6 Å². The summed E-state index contributed by atoms with van der Waals surface area (Å²) in [6.45, 7) is 6.92. The van der Waals surface area contributed by atoms with Crippen LogP contribution in [0.15, 0.2) is 18.6 Å². The molecule has 1 aromatic heterocycles. The molecular weight excluding hydrogens is 300 g/mol. The number of hydrogen-bond acceptors (Lipinski definition) is 6. The van der Waals surface area contributed by atoms with Crippen LogP contribution in [0.3, 0.4) is 0 Å². The Labute approximate surface area is 135 Å². The Bertz CT molecular complexity index is 569. The van der Waals surface area contributed by atoms with Crippen LogP contribution in [0.25, 0.3) is 0 Å². The molecule has 8 heteroatoms. The second-order valence-corrected chi connectivity index (χ2v) is 6.12. The highest BCUT2D eigenvalue weighted by molar-refractivity contribution is 5.96. The first kappa shape index (κ1) is 18.5. The molecule has 1 rings (SSSR count). The molecule has 2 atom stereocenters. The fraction of sp³-hybridized carbons (Fsp3) is 0.533. The van der Waals surface area contributed by atoms with Crippen molar-refractivity contribution in [1.29, 1.82) is 0 Å². The van der Waals surface area contributed by atoms with E-state index in [0.29, 0.717) is 0 Å². The first-order valence-electron chi connectivity index (χ1n) is 7.12. The normalized spacial score (nSPS) is 13.6. The van der Waals surface area contributed by atoms with Crippen LogP contribution in [0, 0.1) is 5.41 Å². The fourth-order valence-electron chi connectivity index (χ4n) is 1.77. The van der Waals surface area contributed by atoms with Crippen LogP contribution in [-0.2, 0) is 14.3 Å². The van der Waals surface area contributed by atoms with E-state index < -0.39 is 35.3 Å². The van der Waals surface area contributed by atoms with Gasteiger partial charge >= 0.3 is 5.97 Å². The van der Waals surface area contributed by atoms with Gasteiger partial charge in [0.2, 0.25) is 5.91 Å². The molecule has 0 saturated carbocycles. The number of methoxy groups -OCH3 is 1. The fourth-order valence-corrected chi connectivity index (χ4v) is 1.77. The van der Waals surface area contributed by atoms with Gasteiger partial charge in [-0.05, 0) is 12.3 Å². The molecule has 2 amide bonds. The summed E-state index contributed by atoms with van der Waals surface area (Å²) in [5.74, 6) is -1.56. The van der Waals surface area contributed by atoms with Gasteiger partial charge in [-0.25, -0.2) is 9.78 Å². The minimum atomic E-state index is -0.848. The summed E-state index contributed by atoms with van der Waals surface area (Å²) < 4.78 is 4.71. The van der Waals surface area contributed by atoms with Crippen LogP contribution in [0.5, 0.6) is 0 Å². The number of carbonyl (C=O) groups excluding carboxylic acids is 3. The molecule has 0 fully saturated rings. The van der Waals surface area contributed by atoms with Crippen LogP contribution in [0.1, 0.15) is 38.2 Å². The van der Waals surface area contributed by atoms with Gasteiger partial charge < -0.3 is 15.4 Å². The molecule has 2 N–H and O–H groups in total. The third kappa shape index (κ3) is 5.32. The number of aromatic nitrogens is 2. The predicted molar refractivity (Wildman–Crippen MR) is 82.4 cm³/mol. The zero-order chi connectivity index (χ0) is 17.6. The summed E-state index contributed by atoms with van der Waals surface area (Å²) in [6, 6.07) is -1.67. The van der Waals surface area contributed by atoms with E-state index in [4.69, 9.17) is 4.74 Å². The molecule has 23 heavy (non-hydrogen) atoms. The standard InChI is InChI=1S/C15H22N4O4/c1-9(18-13(21)10-8-16-6-7-17-10)12(20)19-11(14(22)23-5)15(2,3)4/h6-9,11H,1-5H3,(H,18,21)(H,19,20). The van der Waals surface area contributed by atoms with Crippen molar-refractivity contribution in [3.8, 4) is 0 Å². The monoisotopic (exact) mass is 322 g/mol. The van der Waals surface area contributed by atoms with Crippen molar-refractivity contribution in [2.24, 2.45) is 5.41 Å². The lowest BCUT2D eigenvalue weighted by atomic mass is 9.86. The van der Waals surface area contributed by atoms with Gasteiger partial charge in [-0.3, -0.25) is 14.6 Å². The summed E-state index contributed by atoms with van der Waals surface area (Å²) in [6.07, 6.45) is 4.12. The summed E-state index contributed by atoms with van der Waals surface area (Å²) in [5.41, 5.74) is -0.426. The Balaban J connectivity index is 2.72. The Morgan fingerprint density at radius 3 is 2.30 bits per heavy atom. The Morgan fingerprint density at radius 1 is 1.17 bits per heavy atom. The second kappa shape index (κ2) is 7.66. The number of hydrogen-bond donors (Lipinski definition) is 2. The molecule has 0 radical (unpaired) electrons. The number of esters is 1. The summed E-state index contributed by atoms with van der Waals surface area (Å²) in [7, 11) is 1.26. The van der Waals surface area contributed by atoms with E-state index in [-0.39, 0.29) is 5.69 Å².